The lowest BCUT2D eigenvalue weighted by Crippen LogP contribution is -2.45. The van der Waals surface area contributed by atoms with Gasteiger partial charge in [-0.3, -0.25) is 10.1 Å². The molecular formula is C15H26N2O. The Hall–Kier alpha value is -0.570. The molecule has 3 aliphatic rings. The quantitative estimate of drug-likeness (QED) is 0.817. The van der Waals surface area contributed by atoms with E-state index in [1.54, 1.807) is 0 Å². The Bertz CT molecular complexity index is 327. The minimum absolute atomic E-state index is 0.162. The van der Waals surface area contributed by atoms with E-state index in [0.29, 0.717) is 11.3 Å². The van der Waals surface area contributed by atoms with Crippen molar-refractivity contribution < 1.29 is 4.79 Å². The summed E-state index contributed by atoms with van der Waals surface area (Å²) in [5.41, 5.74) is 0.213. The first-order chi connectivity index (χ1) is 8.64. The predicted octanol–water partition coefficient (Wildman–Crippen LogP) is 2.66. The molecule has 3 fully saturated rings. The highest BCUT2D eigenvalue weighted by Gasteiger charge is 2.49. The highest BCUT2D eigenvalue weighted by molar-refractivity contribution is 5.88. The van der Waals surface area contributed by atoms with Gasteiger partial charge in [0.2, 0.25) is 5.91 Å². The number of carbonyl (C=O) groups excluding carboxylic acids is 1. The van der Waals surface area contributed by atoms with Crippen LogP contribution in [0.3, 0.4) is 0 Å². The highest BCUT2D eigenvalue weighted by Crippen LogP contribution is 2.39. The normalized spacial score (nSPS) is 30.3. The Morgan fingerprint density at radius 3 is 2.33 bits per heavy atom. The number of nitrogens with one attached hydrogen (secondary N) is 1. The van der Waals surface area contributed by atoms with Gasteiger partial charge in [-0.05, 0) is 31.1 Å². The van der Waals surface area contributed by atoms with Gasteiger partial charge in [0, 0.05) is 6.54 Å². The fourth-order valence-electron chi connectivity index (χ4n) is 4.22. The zero-order valence-electron chi connectivity index (χ0n) is 11.6. The number of amides is 1. The SMILES string of the molecule is CC1(CN2CNC3(CCCC3)C2=O)CCCCC1. The van der Waals surface area contributed by atoms with E-state index >= 15 is 0 Å². The second kappa shape index (κ2) is 4.52. The van der Waals surface area contributed by atoms with Crippen molar-refractivity contribution in [3.05, 3.63) is 0 Å². The molecule has 1 spiro atoms. The number of nitrogens with zero attached hydrogens (tertiary/aromatic N) is 1. The lowest BCUT2D eigenvalue weighted by molar-refractivity contribution is -0.133. The molecule has 1 heterocycles. The lowest BCUT2D eigenvalue weighted by Gasteiger charge is -2.37. The van der Waals surface area contributed by atoms with Crippen LogP contribution in [0.5, 0.6) is 0 Å². The standard InChI is InChI=1S/C15H26N2O/c1-14(7-3-2-4-8-14)11-17-12-16-15(13(17)18)9-5-6-10-15/h16H,2-12H2,1H3. The van der Waals surface area contributed by atoms with Crippen molar-refractivity contribution in [1.82, 2.24) is 10.2 Å². The maximum atomic E-state index is 12.6. The molecule has 2 aliphatic carbocycles. The molecule has 0 atom stereocenters. The molecule has 102 valence electrons. The highest BCUT2D eigenvalue weighted by atomic mass is 16.2. The third kappa shape index (κ3) is 2.07. The van der Waals surface area contributed by atoms with E-state index in [-0.39, 0.29) is 5.54 Å². The molecule has 2 saturated carbocycles. The fourth-order valence-corrected chi connectivity index (χ4v) is 4.22. The number of hydrogen-bond acceptors (Lipinski definition) is 2. The van der Waals surface area contributed by atoms with Crippen LogP contribution in [0, 0.1) is 5.41 Å². The molecule has 18 heavy (non-hydrogen) atoms. The average Bonchev–Trinajstić information content (AvgIpc) is 2.94. The molecule has 1 N–H and O–H groups in total. The Morgan fingerprint density at radius 1 is 1.06 bits per heavy atom. The van der Waals surface area contributed by atoms with Gasteiger partial charge >= 0.3 is 0 Å². The molecule has 0 aromatic carbocycles. The van der Waals surface area contributed by atoms with Crippen LogP contribution in [-0.2, 0) is 4.79 Å². The van der Waals surface area contributed by atoms with E-state index in [2.05, 4.69) is 17.1 Å². The van der Waals surface area contributed by atoms with Crippen molar-refractivity contribution in [2.75, 3.05) is 13.2 Å². The van der Waals surface area contributed by atoms with Crippen molar-refractivity contribution in [2.45, 2.75) is 70.3 Å². The van der Waals surface area contributed by atoms with Crippen molar-refractivity contribution in [3.8, 4) is 0 Å². The molecular weight excluding hydrogens is 224 g/mol. The maximum Gasteiger partial charge on any atom is 0.243 e. The second-order valence-electron chi connectivity index (χ2n) is 7.00. The topological polar surface area (TPSA) is 32.3 Å². The second-order valence-corrected chi connectivity index (χ2v) is 7.00. The van der Waals surface area contributed by atoms with Gasteiger partial charge in [-0.15, -0.1) is 0 Å². The van der Waals surface area contributed by atoms with Crippen molar-refractivity contribution >= 4 is 5.91 Å². The third-order valence-electron chi connectivity index (χ3n) is 5.40. The van der Waals surface area contributed by atoms with Gasteiger partial charge in [0.05, 0.1) is 12.2 Å². The Labute approximate surface area is 110 Å². The van der Waals surface area contributed by atoms with E-state index in [0.717, 1.165) is 26.1 Å². The van der Waals surface area contributed by atoms with Crippen LogP contribution in [0.1, 0.15) is 64.7 Å². The summed E-state index contributed by atoms with van der Waals surface area (Å²) in [5, 5.41) is 3.52. The molecule has 1 saturated heterocycles. The summed E-state index contributed by atoms with van der Waals surface area (Å²) in [6.07, 6.45) is 11.2. The van der Waals surface area contributed by atoms with Crippen LogP contribution in [0.25, 0.3) is 0 Å². The van der Waals surface area contributed by atoms with Crippen molar-refractivity contribution in [1.29, 1.82) is 0 Å². The maximum absolute atomic E-state index is 12.6. The van der Waals surface area contributed by atoms with Gasteiger partial charge in [-0.25, -0.2) is 0 Å². The van der Waals surface area contributed by atoms with Gasteiger partial charge in [-0.1, -0.05) is 39.0 Å². The van der Waals surface area contributed by atoms with Crippen LogP contribution in [0.15, 0.2) is 0 Å². The lowest BCUT2D eigenvalue weighted by atomic mass is 9.75. The van der Waals surface area contributed by atoms with Crippen LogP contribution in [-0.4, -0.2) is 29.6 Å². The molecule has 3 heteroatoms. The Kier molecular flexibility index (Phi) is 3.13. The van der Waals surface area contributed by atoms with Crippen molar-refractivity contribution in [2.24, 2.45) is 5.41 Å². The van der Waals surface area contributed by atoms with E-state index in [9.17, 15) is 4.79 Å². The fraction of sp³-hybridized carbons (Fsp3) is 0.933. The smallest absolute Gasteiger partial charge is 0.243 e. The van der Waals surface area contributed by atoms with Gasteiger partial charge in [0.25, 0.3) is 0 Å². The summed E-state index contributed by atoms with van der Waals surface area (Å²) < 4.78 is 0. The molecule has 0 radical (unpaired) electrons. The average molecular weight is 250 g/mol. The largest absolute Gasteiger partial charge is 0.328 e. The van der Waals surface area contributed by atoms with Gasteiger partial charge < -0.3 is 4.90 Å². The van der Waals surface area contributed by atoms with E-state index in [1.807, 2.05) is 0 Å². The van der Waals surface area contributed by atoms with Crippen molar-refractivity contribution in [3.63, 3.8) is 0 Å². The summed E-state index contributed by atoms with van der Waals surface area (Å²) in [7, 11) is 0. The molecule has 3 nitrogen and oxygen atoms in total. The third-order valence-corrected chi connectivity index (χ3v) is 5.40. The first kappa shape index (κ1) is 12.5. The molecule has 3 rings (SSSR count). The summed E-state index contributed by atoms with van der Waals surface area (Å²) in [6, 6.07) is 0. The predicted molar refractivity (Wildman–Crippen MR) is 72.1 cm³/mol. The van der Waals surface area contributed by atoms with Crippen LogP contribution < -0.4 is 5.32 Å². The summed E-state index contributed by atoms with van der Waals surface area (Å²) in [6.45, 7) is 4.13. The number of rotatable bonds is 2. The van der Waals surface area contributed by atoms with Gasteiger partial charge in [-0.2, -0.15) is 0 Å². The van der Waals surface area contributed by atoms with Crippen LogP contribution in [0.4, 0.5) is 0 Å². The van der Waals surface area contributed by atoms with Gasteiger partial charge in [0.15, 0.2) is 0 Å². The van der Waals surface area contributed by atoms with E-state index < -0.39 is 0 Å². The van der Waals surface area contributed by atoms with E-state index in [1.165, 1.54) is 44.9 Å². The number of hydrogen-bond donors (Lipinski definition) is 1. The molecule has 1 aliphatic heterocycles. The molecule has 1 amide bonds. The zero-order valence-corrected chi connectivity index (χ0v) is 11.6. The molecule has 0 aromatic heterocycles. The van der Waals surface area contributed by atoms with E-state index in [4.69, 9.17) is 0 Å². The summed E-state index contributed by atoms with van der Waals surface area (Å²) in [4.78, 5) is 14.7. The van der Waals surface area contributed by atoms with Crippen LogP contribution >= 0.6 is 0 Å². The minimum Gasteiger partial charge on any atom is -0.328 e. The van der Waals surface area contributed by atoms with Crippen LogP contribution in [0.2, 0.25) is 0 Å². The summed E-state index contributed by atoms with van der Waals surface area (Å²) >= 11 is 0. The minimum atomic E-state index is -0.162. The Balaban J connectivity index is 1.65. The number of carbonyl (C=O) groups is 1. The first-order valence-corrected chi connectivity index (χ1v) is 7.68. The van der Waals surface area contributed by atoms with Gasteiger partial charge in [0.1, 0.15) is 0 Å². The monoisotopic (exact) mass is 250 g/mol. The molecule has 0 aromatic rings. The molecule has 0 unspecified atom stereocenters. The zero-order chi connectivity index (χ0) is 12.6. The first-order valence-electron chi connectivity index (χ1n) is 7.68. The Morgan fingerprint density at radius 2 is 1.67 bits per heavy atom. The summed E-state index contributed by atoms with van der Waals surface area (Å²) in [5.74, 6) is 0.395. The molecule has 0 bridgehead atoms.